The van der Waals surface area contributed by atoms with Gasteiger partial charge in [-0.05, 0) is 34.4 Å². The van der Waals surface area contributed by atoms with Crippen molar-refractivity contribution in [3.05, 3.63) is 66.3 Å². The maximum Gasteiger partial charge on any atom is 0.311 e. The SMILES string of the molecule is C=CC(=CCCCC)c1ccc2c(C(=O)CC(=O)O)cccc2c1. The van der Waals surface area contributed by atoms with Crippen LogP contribution in [-0.2, 0) is 4.79 Å². The monoisotopic (exact) mass is 322 g/mol. The predicted octanol–water partition coefficient (Wildman–Crippen LogP) is 5.26. The fourth-order valence-corrected chi connectivity index (χ4v) is 2.72. The molecule has 0 atom stereocenters. The minimum Gasteiger partial charge on any atom is -0.481 e. The van der Waals surface area contributed by atoms with Crippen LogP contribution >= 0.6 is 0 Å². The molecule has 0 heterocycles. The summed E-state index contributed by atoms with van der Waals surface area (Å²) in [7, 11) is 0. The number of aliphatic carboxylic acids is 1. The summed E-state index contributed by atoms with van der Waals surface area (Å²) in [4.78, 5) is 22.9. The van der Waals surface area contributed by atoms with E-state index in [0.29, 0.717) is 5.56 Å². The number of rotatable bonds is 8. The van der Waals surface area contributed by atoms with Gasteiger partial charge in [-0.3, -0.25) is 9.59 Å². The number of carboxylic acids is 1. The molecular weight excluding hydrogens is 300 g/mol. The molecule has 0 aliphatic rings. The van der Waals surface area contributed by atoms with Crippen molar-refractivity contribution in [1.82, 2.24) is 0 Å². The number of carbonyl (C=O) groups is 2. The first-order valence-electron chi connectivity index (χ1n) is 8.17. The van der Waals surface area contributed by atoms with E-state index in [1.807, 2.05) is 30.3 Å². The van der Waals surface area contributed by atoms with E-state index in [4.69, 9.17) is 5.11 Å². The highest BCUT2D eigenvalue weighted by atomic mass is 16.4. The van der Waals surface area contributed by atoms with Crippen molar-refractivity contribution in [2.45, 2.75) is 32.6 Å². The van der Waals surface area contributed by atoms with Gasteiger partial charge in [-0.25, -0.2) is 0 Å². The highest BCUT2D eigenvalue weighted by Crippen LogP contribution is 2.26. The van der Waals surface area contributed by atoms with Crippen LogP contribution in [0.2, 0.25) is 0 Å². The maximum absolute atomic E-state index is 12.1. The van der Waals surface area contributed by atoms with Crippen LogP contribution in [0.25, 0.3) is 16.3 Å². The van der Waals surface area contributed by atoms with Crippen LogP contribution < -0.4 is 0 Å². The molecule has 0 bridgehead atoms. The predicted molar refractivity (Wildman–Crippen MR) is 98.2 cm³/mol. The summed E-state index contributed by atoms with van der Waals surface area (Å²) in [5, 5.41) is 10.5. The van der Waals surface area contributed by atoms with Gasteiger partial charge in [-0.2, -0.15) is 0 Å². The zero-order valence-electron chi connectivity index (χ0n) is 13.9. The Kier molecular flexibility index (Phi) is 6.07. The Balaban J connectivity index is 2.42. The maximum atomic E-state index is 12.1. The van der Waals surface area contributed by atoms with Crippen LogP contribution in [0.1, 0.15) is 48.5 Å². The fraction of sp³-hybridized carbons (Fsp3) is 0.238. The molecule has 1 N–H and O–H groups in total. The van der Waals surface area contributed by atoms with Gasteiger partial charge in [0.2, 0.25) is 0 Å². The lowest BCUT2D eigenvalue weighted by molar-refractivity contribution is -0.135. The average molecular weight is 322 g/mol. The van der Waals surface area contributed by atoms with Crippen molar-refractivity contribution in [2.24, 2.45) is 0 Å². The summed E-state index contributed by atoms with van der Waals surface area (Å²) in [6, 6.07) is 11.3. The highest BCUT2D eigenvalue weighted by Gasteiger charge is 2.13. The Morgan fingerprint density at radius 2 is 2.00 bits per heavy atom. The van der Waals surface area contributed by atoms with Gasteiger partial charge in [-0.15, -0.1) is 0 Å². The van der Waals surface area contributed by atoms with Crippen LogP contribution in [0.3, 0.4) is 0 Å². The first-order valence-corrected chi connectivity index (χ1v) is 8.17. The molecular formula is C21H22O3. The topological polar surface area (TPSA) is 54.4 Å². The number of hydrogen-bond acceptors (Lipinski definition) is 2. The summed E-state index contributed by atoms with van der Waals surface area (Å²) in [5.41, 5.74) is 2.58. The quantitative estimate of drug-likeness (QED) is 0.312. The molecule has 0 radical (unpaired) electrons. The third-order valence-electron chi connectivity index (χ3n) is 3.97. The van der Waals surface area contributed by atoms with Crippen molar-refractivity contribution in [3.8, 4) is 0 Å². The number of unbranched alkanes of at least 4 members (excludes halogenated alkanes) is 2. The number of Topliss-reactive ketones (excluding diaryl/α,β-unsaturated/α-hetero) is 1. The van der Waals surface area contributed by atoms with Crippen molar-refractivity contribution in [1.29, 1.82) is 0 Å². The Labute approximate surface area is 142 Å². The number of benzene rings is 2. The van der Waals surface area contributed by atoms with E-state index in [9.17, 15) is 9.59 Å². The first-order chi connectivity index (χ1) is 11.6. The first kappa shape index (κ1) is 17.7. The van der Waals surface area contributed by atoms with Crippen molar-refractivity contribution < 1.29 is 14.7 Å². The average Bonchev–Trinajstić information content (AvgIpc) is 2.57. The second-order valence-electron chi connectivity index (χ2n) is 5.74. The molecule has 2 aromatic carbocycles. The summed E-state index contributed by atoms with van der Waals surface area (Å²) in [6.45, 7) is 6.05. The van der Waals surface area contributed by atoms with Gasteiger partial charge in [0.25, 0.3) is 0 Å². The summed E-state index contributed by atoms with van der Waals surface area (Å²) >= 11 is 0. The van der Waals surface area contributed by atoms with E-state index < -0.39 is 12.4 Å². The van der Waals surface area contributed by atoms with E-state index in [2.05, 4.69) is 19.6 Å². The van der Waals surface area contributed by atoms with E-state index >= 15 is 0 Å². The molecule has 124 valence electrons. The molecule has 0 spiro atoms. The third-order valence-corrected chi connectivity index (χ3v) is 3.97. The van der Waals surface area contributed by atoms with Crippen molar-refractivity contribution in [3.63, 3.8) is 0 Å². The minimum absolute atomic E-state index is 0.372. The highest BCUT2D eigenvalue weighted by molar-refractivity contribution is 6.13. The normalized spacial score (nSPS) is 11.5. The molecule has 0 aromatic heterocycles. The molecule has 0 amide bonds. The van der Waals surface area contributed by atoms with Gasteiger partial charge in [0.15, 0.2) is 5.78 Å². The third kappa shape index (κ3) is 4.19. The van der Waals surface area contributed by atoms with Crippen LogP contribution in [0.5, 0.6) is 0 Å². The molecule has 2 rings (SSSR count). The number of carboxylic acid groups (broad SMARTS) is 1. The molecule has 3 heteroatoms. The molecule has 2 aromatic rings. The van der Waals surface area contributed by atoms with Gasteiger partial charge < -0.3 is 5.11 Å². The largest absolute Gasteiger partial charge is 0.481 e. The van der Waals surface area contributed by atoms with E-state index in [0.717, 1.165) is 41.2 Å². The lowest BCUT2D eigenvalue weighted by atomic mass is 9.95. The molecule has 0 saturated heterocycles. The van der Waals surface area contributed by atoms with Crippen LogP contribution in [0.15, 0.2) is 55.1 Å². The zero-order valence-corrected chi connectivity index (χ0v) is 13.9. The molecule has 0 unspecified atom stereocenters. The van der Waals surface area contributed by atoms with Gasteiger partial charge in [0.1, 0.15) is 6.42 Å². The molecule has 0 saturated carbocycles. The lowest BCUT2D eigenvalue weighted by Crippen LogP contribution is -2.07. The number of ketones is 1. The van der Waals surface area contributed by atoms with Crippen molar-refractivity contribution >= 4 is 28.1 Å². The second-order valence-corrected chi connectivity index (χ2v) is 5.74. The Morgan fingerprint density at radius 3 is 2.67 bits per heavy atom. The van der Waals surface area contributed by atoms with Gasteiger partial charge in [0, 0.05) is 5.56 Å². The minimum atomic E-state index is -1.11. The van der Waals surface area contributed by atoms with Crippen LogP contribution in [-0.4, -0.2) is 16.9 Å². The Hall–Kier alpha value is -2.68. The fourth-order valence-electron chi connectivity index (χ4n) is 2.72. The van der Waals surface area contributed by atoms with Crippen LogP contribution in [0, 0.1) is 0 Å². The summed E-state index contributed by atoms with van der Waals surface area (Å²) in [6.07, 6.45) is 6.82. The van der Waals surface area contributed by atoms with Gasteiger partial charge >= 0.3 is 5.97 Å². The summed E-state index contributed by atoms with van der Waals surface area (Å²) in [5.74, 6) is -1.48. The smallest absolute Gasteiger partial charge is 0.311 e. The lowest BCUT2D eigenvalue weighted by Gasteiger charge is -2.08. The van der Waals surface area contributed by atoms with Crippen molar-refractivity contribution in [2.75, 3.05) is 0 Å². The van der Waals surface area contributed by atoms with Crippen LogP contribution in [0.4, 0.5) is 0 Å². The summed E-state index contributed by atoms with van der Waals surface area (Å²) < 4.78 is 0. The van der Waals surface area contributed by atoms with E-state index in [1.165, 1.54) is 0 Å². The Bertz CT molecular complexity index is 800. The van der Waals surface area contributed by atoms with Gasteiger partial charge in [-0.1, -0.05) is 68.8 Å². The standard InChI is InChI=1S/C21H22O3/c1-3-5-6-8-15(4-2)16-11-12-18-17(13-16)9-7-10-19(18)20(22)14-21(23)24/h4,7-13H,2-3,5-6,14H2,1H3,(H,23,24). The Morgan fingerprint density at radius 1 is 1.21 bits per heavy atom. The van der Waals surface area contributed by atoms with Gasteiger partial charge in [0.05, 0.1) is 0 Å². The zero-order chi connectivity index (χ0) is 17.5. The molecule has 0 fully saturated rings. The number of hydrogen-bond donors (Lipinski definition) is 1. The van der Waals surface area contributed by atoms with E-state index in [1.54, 1.807) is 12.1 Å². The van der Waals surface area contributed by atoms with E-state index in [-0.39, 0.29) is 5.78 Å². The molecule has 24 heavy (non-hydrogen) atoms. The second kappa shape index (κ2) is 8.25. The molecule has 0 aliphatic carbocycles. The number of carbonyl (C=O) groups excluding carboxylic acids is 1. The number of fused-ring (bicyclic) bond motifs is 1. The molecule has 3 nitrogen and oxygen atoms in total. The number of allylic oxidation sites excluding steroid dienone is 3. The molecule has 0 aliphatic heterocycles.